The molecule has 0 spiro atoms. The summed E-state index contributed by atoms with van der Waals surface area (Å²) in [5.41, 5.74) is 5.70. The van der Waals surface area contributed by atoms with E-state index in [1.54, 1.807) is 18.0 Å². The Morgan fingerprint density at radius 3 is 2.33 bits per heavy atom. The van der Waals surface area contributed by atoms with Crippen LogP contribution in [0, 0.1) is 13.8 Å². The molecule has 1 saturated heterocycles. The zero-order valence-electron chi connectivity index (χ0n) is 26.5. The van der Waals surface area contributed by atoms with Gasteiger partial charge in [0.25, 0.3) is 0 Å². The Hall–Kier alpha value is -4.50. The third kappa shape index (κ3) is 10.0. The van der Waals surface area contributed by atoms with Crippen LogP contribution in [-0.4, -0.2) is 73.3 Å². The van der Waals surface area contributed by atoms with Crippen LogP contribution in [0.3, 0.4) is 0 Å². The summed E-state index contributed by atoms with van der Waals surface area (Å²) in [6, 6.07) is 21.2. The molecular weight excluding hydrogens is 568 g/mol. The van der Waals surface area contributed by atoms with Gasteiger partial charge in [-0.25, -0.2) is 4.79 Å². The van der Waals surface area contributed by atoms with Gasteiger partial charge in [-0.3, -0.25) is 19.7 Å². The lowest BCUT2D eigenvalue weighted by molar-refractivity contribution is -0.130. The van der Waals surface area contributed by atoms with E-state index in [-0.39, 0.29) is 17.9 Å². The quantitative estimate of drug-likeness (QED) is 0.170. The highest BCUT2D eigenvalue weighted by atomic mass is 16.6. The van der Waals surface area contributed by atoms with E-state index in [0.717, 1.165) is 66.6 Å². The highest BCUT2D eigenvalue weighted by molar-refractivity contribution is 5.93. The first-order valence-corrected chi connectivity index (χ1v) is 15.7. The van der Waals surface area contributed by atoms with E-state index in [0.29, 0.717) is 43.6 Å². The maximum Gasteiger partial charge on any atom is 0.411 e. The lowest BCUT2D eigenvalue weighted by Crippen LogP contribution is -2.40. The predicted octanol–water partition coefficient (Wildman–Crippen LogP) is 6.45. The molecule has 0 saturated carbocycles. The largest absolute Gasteiger partial charge is 0.446 e. The van der Waals surface area contributed by atoms with Crippen molar-refractivity contribution in [2.75, 3.05) is 43.9 Å². The van der Waals surface area contributed by atoms with Crippen molar-refractivity contribution in [3.8, 4) is 11.1 Å². The smallest absolute Gasteiger partial charge is 0.411 e. The zero-order valence-corrected chi connectivity index (χ0v) is 26.5. The number of carbonyl (C=O) groups is 4. The summed E-state index contributed by atoms with van der Waals surface area (Å²) < 4.78 is 5.73. The number of unbranched alkanes of at least 4 members (excludes halogenated alkanes) is 1. The summed E-state index contributed by atoms with van der Waals surface area (Å²) in [6.45, 7) is 6.50. The predicted molar refractivity (Wildman–Crippen MR) is 177 cm³/mol. The first kappa shape index (κ1) is 33.4. The van der Waals surface area contributed by atoms with Gasteiger partial charge >= 0.3 is 6.09 Å². The minimum atomic E-state index is -0.454. The Morgan fingerprint density at radius 1 is 0.889 bits per heavy atom. The Bertz CT molecular complexity index is 1470. The van der Waals surface area contributed by atoms with Gasteiger partial charge in [-0.1, -0.05) is 48.5 Å². The summed E-state index contributed by atoms with van der Waals surface area (Å²) in [6.07, 6.45) is 3.85. The molecule has 1 fully saturated rings. The van der Waals surface area contributed by atoms with Crippen LogP contribution < -0.4 is 10.6 Å². The number of hydrogen-bond donors (Lipinski definition) is 2. The van der Waals surface area contributed by atoms with Gasteiger partial charge in [0.15, 0.2) is 0 Å². The van der Waals surface area contributed by atoms with Crippen LogP contribution in [0.5, 0.6) is 0 Å². The minimum Gasteiger partial charge on any atom is -0.446 e. The van der Waals surface area contributed by atoms with Crippen LogP contribution in [0.4, 0.5) is 16.2 Å². The number of anilines is 2. The van der Waals surface area contributed by atoms with Crippen molar-refractivity contribution in [3.63, 3.8) is 0 Å². The van der Waals surface area contributed by atoms with Gasteiger partial charge in [-0.15, -0.1) is 0 Å². The molecule has 0 unspecified atom stereocenters. The molecular formula is C36H44N4O5. The molecule has 2 N–H and O–H groups in total. The van der Waals surface area contributed by atoms with Gasteiger partial charge in [0.2, 0.25) is 11.8 Å². The Kier molecular flexibility index (Phi) is 12.3. The van der Waals surface area contributed by atoms with Crippen molar-refractivity contribution in [3.05, 3.63) is 83.4 Å². The number of aldehydes is 1. The second kappa shape index (κ2) is 16.5. The first-order valence-electron chi connectivity index (χ1n) is 15.7. The van der Waals surface area contributed by atoms with Crippen LogP contribution in [-0.2, 0) is 14.3 Å². The minimum absolute atomic E-state index is 0.0767. The van der Waals surface area contributed by atoms with Gasteiger partial charge in [0.05, 0.1) is 5.69 Å². The van der Waals surface area contributed by atoms with E-state index in [1.807, 2.05) is 74.5 Å². The molecule has 0 aliphatic carbocycles. The zero-order chi connectivity index (χ0) is 32.2. The molecule has 4 rings (SSSR count). The molecule has 1 aliphatic rings. The number of hydrogen-bond acceptors (Lipinski definition) is 6. The summed E-state index contributed by atoms with van der Waals surface area (Å²) in [5.74, 6) is 0.00264. The Labute approximate surface area is 265 Å². The number of nitrogens with zero attached hydrogens (tertiary/aromatic N) is 2. The van der Waals surface area contributed by atoms with E-state index in [2.05, 4.69) is 15.5 Å². The molecule has 0 aromatic heterocycles. The van der Waals surface area contributed by atoms with E-state index in [4.69, 9.17) is 4.74 Å². The number of benzene rings is 3. The number of piperidine rings is 1. The molecule has 3 aromatic carbocycles. The van der Waals surface area contributed by atoms with Gasteiger partial charge in [-0.05, 0) is 74.4 Å². The number of aryl methyl sites for hydroxylation is 2. The van der Waals surface area contributed by atoms with Crippen molar-refractivity contribution in [1.82, 2.24) is 9.80 Å². The fourth-order valence-corrected chi connectivity index (χ4v) is 5.52. The lowest BCUT2D eigenvalue weighted by atomic mass is 10.0. The summed E-state index contributed by atoms with van der Waals surface area (Å²) >= 11 is 0. The van der Waals surface area contributed by atoms with E-state index < -0.39 is 6.09 Å². The molecule has 0 radical (unpaired) electrons. The normalized spacial score (nSPS) is 13.6. The topological polar surface area (TPSA) is 108 Å². The number of nitrogens with one attached hydrogen (secondary N) is 2. The number of ether oxygens (including phenoxy) is 1. The highest BCUT2D eigenvalue weighted by Crippen LogP contribution is 2.28. The van der Waals surface area contributed by atoms with E-state index >= 15 is 0 Å². The van der Waals surface area contributed by atoms with Crippen molar-refractivity contribution < 1.29 is 23.9 Å². The Morgan fingerprint density at radius 2 is 1.60 bits per heavy atom. The fraction of sp³-hybridized carbons (Fsp3) is 0.389. The SMILES string of the molecule is Cc1cc(NC(=O)CCCCN(C)C(=O)CCN2CCC(OC(=O)Nc3ccccc3-c3ccccc3)CC2)c(C)cc1C=O. The molecule has 3 aromatic rings. The standard InChI is InChI=1S/C36H44N4O5/c1-26-24-33(27(2)23-29(26)25-41)37-34(42)15-9-10-19-39(3)35(43)18-22-40-20-16-30(17-21-40)45-36(44)38-32-14-8-7-13-31(32)28-11-5-4-6-12-28/h4-8,11-14,23-25,30H,9-10,15-22H2,1-3H3,(H,37,42)(H,38,44). The third-order valence-electron chi connectivity index (χ3n) is 8.29. The van der Waals surface area contributed by atoms with Crippen LogP contribution >= 0.6 is 0 Å². The third-order valence-corrected chi connectivity index (χ3v) is 8.29. The van der Waals surface area contributed by atoms with Crippen LogP contribution in [0.15, 0.2) is 66.7 Å². The average Bonchev–Trinajstić information content (AvgIpc) is 3.04. The maximum atomic E-state index is 12.7. The van der Waals surface area contributed by atoms with Gasteiger partial charge in [-0.2, -0.15) is 0 Å². The average molecular weight is 613 g/mol. The molecule has 3 amide bonds. The molecule has 9 nitrogen and oxygen atoms in total. The van der Waals surface area contributed by atoms with Crippen molar-refractivity contribution in [2.24, 2.45) is 0 Å². The Balaban J connectivity index is 1.10. The maximum absolute atomic E-state index is 12.7. The second-order valence-electron chi connectivity index (χ2n) is 11.7. The number of rotatable bonds is 13. The molecule has 238 valence electrons. The molecule has 0 bridgehead atoms. The second-order valence-corrected chi connectivity index (χ2v) is 11.7. The number of likely N-dealkylation sites (tertiary alicyclic amines) is 1. The summed E-state index contributed by atoms with van der Waals surface area (Å²) in [4.78, 5) is 52.9. The van der Waals surface area contributed by atoms with Crippen LogP contribution in [0.25, 0.3) is 11.1 Å². The number of para-hydroxylation sites is 1. The van der Waals surface area contributed by atoms with Gasteiger partial charge in [0, 0.05) is 62.9 Å². The number of amides is 3. The van der Waals surface area contributed by atoms with Gasteiger partial charge < -0.3 is 19.9 Å². The monoisotopic (exact) mass is 612 g/mol. The molecule has 1 aliphatic heterocycles. The van der Waals surface area contributed by atoms with E-state index in [1.165, 1.54) is 0 Å². The molecule has 45 heavy (non-hydrogen) atoms. The van der Waals surface area contributed by atoms with Crippen LogP contribution in [0.2, 0.25) is 0 Å². The van der Waals surface area contributed by atoms with Gasteiger partial charge in [0.1, 0.15) is 12.4 Å². The molecule has 0 atom stereocenters. The highest BCUT2D eigenvalue weighted by Gasteiger charge is 2.23. The van der Waals surface area contributed by atoms with Crippen LogP contribution in [0.1, 0.15) is 60.0 Å². The summed E-state index contributed by atoms with van der Waals surface area (Å²) in [5, 5.41) is 5.84. The summed E-state index contributed by atoms with van der Waals surface area (Å²) in [7, 11) is 1.80. The van der Waals surface area contributed by atoms with E-state index in [9.17, 15) is 19.2 Å². The van der Waals surface area contributed by atoms with Crippen molar-refractivity contribution in [2.45, 2.75) is 58.5 Å². The van der Waals surface area contributed by atoms with Crippen molar-refractivity contribution in [1.29, 1.82) is 0 Å². The molecule has 9 heteroatoms. The fourth-order valence-electron chi connectivity index (χ4n) is 5.52. The number of carbonyl (C=O) groups excluding carboxylic acids is 4. The van der Waals surface area contributed by atoms with Crippen molar-refractivity contribution >= 4 is 35.6 Å². The first-order chi connectivity index (χ1) is 21.7. The molecule has 1 heterocycles. The lowest BCUT2D eigenvalue weighted by Gasteiger charge is -2.31.